The van der Waals surface area contributed by atoms with Gasteiger partial charge in [0.25, 0.3) is 0 Å². The average Bonchev–Trinajstić information content (AvgIpc) is 2.73. The fraction of sp³-hybridized carbons (Fsp3) is 0.476. The molecule has 1 fully saturated rings. The summed E-state index contributed by atoms with van der Waals surface area (Å²) in [7, 11) is 0. The molecule has 1 aliphatic carbocycles. The number of aliphatic hydroxyl groups excluding tert-OH is 1. The minimum absolute atomic E-state index is 0.280. The molecule has 1 heterocycles. The number of hydrogen-bond acceptors (Lipinski definition) is 5. The summed E-state index contributed by atoms with van der Waals surface area (Å²) < 4.78 is 10.8. The van der Waals surface area contributed by atoms with Crippen molar-refractivity contribution in [2.75, 3.05) is 39.5 Å². The molecule has 2 aliphatic rings. The van der Waals surface area contributed by atoms with Crippen molar-refractivity contribution in [1.29, 1.82) is 0 Å². The highest BCUT2D eigenvalue weighted by Crippen LogP contribution is 2.18. The second-order valence-electron chi connectivity index (χ2n) is 6.89. The third kappa shape index (κ3) is 6.20. The number of ether oxygens (including phenoxy) is 2. The number of alkyl carbamates (subject to hydrolysis) is 1. The minimum atomic E-state index is -0.807. The van der Waals surface area contributed by atoms with Gasteiger partial charge < -0.3 is 19.9 Å². The minimum Gasteiger partial charge on any atom is -0.445 e. The molecule has 0 aromatic heterocycles. The van der Waals surface area contributed by atoms with Gasteiger partial charge in [-0.1, -0.05) is 48.6 Å². The van der Waals surface area contributed by atoms with Gasteiger partial charge in [-0.2, -0.15) is 0 Å². The predicted molar refractivity (Wildman–Crippen MR) is 103 cm³/mol. The lowest BCUT2D eigenvalue weighted by Gasteiger charge is -2.32. The number of carbonyl (C=O) groups excluding carboxylic acids is 1. The van der Waals surface area contributed by atoms with E-state index in [-0.39, 0.29) is 6.61 Å². The van der Waals surface area contributed by atoms with Crippen molar-refractivity contribution in [3.63, 3.8) is 0 Å². The number of carbonyl (C=O) groups is 1. The van der Waals surface area contributed by atoms with E-state index in [1.54, 1.807) is 0 Å². The molecule has 2 atom stereocenters. The Morgan fingerprint density at radius 3 is 2.74 bits per heavy atom. The van der Waals surface area contributed by atoms with Crippen molar-refractivity contribution in [3.8, 4) is 0 Å². The molecular weight excluding hydrogens is 344 g/mol. The van der Waals surface area contributed by atoms with E-state index in [0.29, 0.717) is 19.8 Å². The zero-order valence-electron chi connectivity index (χ0n) is 15.5. The molecule has 0 bridgehead atoms. The first-order valence-corrected chi connectivity index (χ1v) is 9.53. The molecule has 0 radical (unpaired) electrons. The fourth-order valence-corrected chi connectivity index (χ4v) is 3.29. The molecule has 1 saturated heterocycles. The highest BCUT2D eigenvalue weighted by atomic mass is 16.5. The Bertz CT molecular complexity index is 653. The van der Waals surface area contributed by atoms with E-state index in [1.807, 2.05) is 42.5 Å². The third-order valence-corrected chi connectivity index (χ3v) is 4.87. The lowest BCUT2D eigenvalue weighted by atomic mass is 10.0. The quantitative estimate of drug-likeness (QED) is 0.769. The number of aliphatic hydroxyl groups is 1. The smallest absolute Gasteiger partial charge is 0.407 e. The van der Waals surface area contributed by atoms with E-state index in [2.05, 4.69) is 16.3 Å². The van der Waals surface area contributed by atoms with Crippen LogP contribution in [0.5, 0.6) is 0 Å². The maximum atomic E-state index is 12.3. The van der Waals surface area contributed by atoms with Crippen molar-refractivity contribution in [3.05, 3.63) is 59.7 Å². The van der Waals surface area contributed by atoms with Crippen LogP contribution in [0, 0.1) is 0 Å². The predicted octanol–water partition coefficient (Wildman–Crippen LogP) is 2.42. The molecule has 3 rings (SSSR count). The van der Waals surface area contributed by atoms with Gasteiger partial charge in [0.05, 0.1) is 19.3 Å². The van der Waals surface area contributed by atoms with Gasteiger partial charge in [0.1, 0.15) is 12.7 Å². The first-order chi connectivity index (χ1) is 13.2. The molecule has 1 aliphatic heterocycles. The van der Waals surface area contributed by atoms with Crippen molar-refractivity contribution in [1.82, 2.24) is 10.2 Å². The van der Waals surface area contributed by atoms with E-state index >= 15 is 0 Å². The molecule has 0 unspecified atom stereocenters. The molecule has 27 heavy (non-hydrogen) atoms. The molecule has 2 N–H and O–H groups in total. The Balaban J connectivity index is 1.60. The molecule has 1 aromatic carbocycles. The Hall–Kier alpha value is -2.15. The highest BCUT2D eigenvalue weighted by Gasteiger charge is 2.26. The topological polar surface area (TPSA) is 71.0 Å². The molecule has 6 heteroatoms. The van der Waals surface area contributed by atoms with E-state index < -0.39 is 18.2 Å². The van der Waals surface area contributed by atoms with Crippen LogP contribution in [0.25, 0.3) is 0 Å². The van der Waals surface area contributed by atoms with Crippen LogP contribution in [0.3, 0.4) is 0 Å². The summed E-state index contributed by atoms with van der Waals surface area (Å²) >= 11 is 0. The van der Waals surface area contributed by atoms with Crippen molar-refractivity contribution in [2.24, 2.45) is 0 Å². The lowest BCUT2D eigenvalue weighted by molar-refractivity contribution is 0.0198. The van der Waals surface area contributed by atoms with Crippen molar-refractivity contribution in [2.45, 2.75) is 25.0 Å². The van der Waals surface area contributed by atoms with Crippen LogP contribution in [0.15, 0.2) is 54.1 Å². The summed E-state index contributed by atoms with van der Waals surface area (Å²) in [6.45, 7) is 3.73. The highest BCUT2D eigenvalue weighted by molar-refractivity contribution is 5.68. The van der Waals surface area contributed by atoms with E-state index in [0.717, 1.165) is 37.1 Å². The third-order valence-electron chi connectivity index (χ3n) is 4.87. The first-order valence-electron chi connectivity index (χ1n) is 9.53. The average molecular weight is 372 g/mol. The molecule has 0 saturated carbocycles. The van der Waals surface area contributed by atoms with Crippen molar-refractivity contribution >= 4 is 6.09 Å². The largest absolute Gasteiger partial charge is 0.445 e. The Kier molecular flexibility index (Phi) is 7.45. The maximum absolute atomic E-state index is 12.3. The summed E-state index contributed by atoms with van der Waals surface area (Å²) in [4.78, 5) is 14.5. The number of morpholine rings is 1. The molecule has 6 nitrogen and oxygen atoms in total. The summed E-state index contributed by atoms with van der Waals surface area (Å²) in [5.41, 5.74) is 1.87. The van der Waals surface area contributed by atoms with Crippen molar-refractivity contribution < 1.29 is 19.4 Å². The maximum Gasteiger partial charge on any atom is 0.407 e. The zero-order valence-corrected chi connectivity index (χ0v) is 15.5. The normalized spacial score (nSPS) is 19.8. The van der Waals surface area contributed by atoms with Crippen LogP contribution in [0.1, 0.15) is 24.5 Å². The molecular formula is C21H28N2O4. The number of benzene rings is 1. The number of hydrogen-bond donors (Lipinski definition) is 2. The van der Waals surface area contributed by atoms with Gasteiger partial charge in [0.15, 0.2) is 0 Å². The fourth-order valence-electron chi connectivity index (χ4n) is 3.29. The Morgan fingerprint density at radius 1 is 1.26 bits per heavy atom. The van der Waals surface area contributed by atoms with Gasteiger partial charge in [-0.25, -0.2) is 4.79 Å². The second kappa shape index (κ2) is 10.3. The molecule has 1 aromatic rings. The van der Waals surface area contributed by atoms with Gasteiger partial charge in [-0.05, 0) is 24.0 Å². The number of nitrogens with one attached hydrogen (secondary N) is 1. The Morgan fingerprint density at radius 2 is 2.04 bits per heavy atom. The molecule has 0 spiro atoms. The van der Waals surface area contributed by atoms with Gasteiger partial charge in [0, 0.05) is 19.6 Å². The van der Waals surface area contributed by atoms with Crippen LogP contribution in [-0.4, -0.2) is 61.6 Å². The van der Waals surface area contributed by atoms with Gasteiger partial charge in [0.2, 0.25) is 0 Å². The first kappa shape index (κ1) is 19.6. The molecule has 146 valence electrons. The number of nitrogens with zero attached hydrogens (tertiary/aromatic N) is 1. The summed E-state index contributed by atoms with van der Waals surface area (Å²) in [5, 5.41) is 13.7. The van der Waals surface area contributed by atoms with Gasteiger partial charge >= 0.3 is 6.09 Å². The van der Waals surface area contributed by atoms with Crippen LogP contribution in [0.2, 0.25) is 0 Å². The van der Waals surface area contributed by atoms with Crippen LogP contribution in [0.4, 0.5) is 4.79 Å². The van der Waals surface area contributed by atoms with Gasteiger partial charge in [-0.15, -0.1) is 0 Å². The SMILES string of the molecule is O=C(N[C@@H](CN1CCOCC1)[C@@H](O)c1ccccc1)OCC1=CC=CCC1. The number of rotatable bonds is 7. The van der Waals surface area contributed by atoms with Crippen LogP contribution >= 0.6 is 0 Å². The zero-order chi connectivity index (χ0) is 18.9. The second-order valence-corrected chi connectivity index (χ2v) is 6.89. The van der Waals surface area contributed by atoms with E-state index in [9.17, 15) is 9.90 Å². The van der Waals surface area contributed by atoms with Crippen LogP contribution < -0.4 is 5.32 Å². The van der Waals surface area contributed by atoms with E-state index in [4.69, 9.17) is 9.47 Å². The van der Waals surface area contributed by atoms with Gasteiger partial charge in [-0.3, -0.25) is 4.90 Å². The monoisotopic (exact) mass is 372 g/mol. The molecule has 1 amide bonds. The number of allylic oxidation sites excluding steroid dienone is 3. The summed E-state index contributed by atoms with van der Waals surface area (Å²) in [6.07, 6.45) is 6.65. The van der Waals surface area contributed by atoms with Crippen LogP contribution in [-0.2, 0) is 9.47 Å². The summed E-state index contributed by atoms with van der Waals surface area (Å²) in [6, 6.07) is 8.93. The standard InChI is InChI=1S/C21H28N2O4/c24-20(18-9-5-2-6-10-18)19(15-23-11-13-26-14-12-23)22-21(25)27-16-17-7-3-1-4-8-17/h1-3,5-7,9-10,19-20,24H,4,8,11-16H2,(H,22,25)/t19-,20-/m0/s1. The summed E-state index contributed by atoms with van der Waals surface area (Å²) in [5.74, 6) is 0. The lowest BCUT2D eigenvalue weighted by Crippen LogP contribution is -2.50. The van der Waals surface area contributed by atoms with E-state index in [1.165, 1.54) is 0 Å². The Labute approximate surface area is 160 Å². The number of amides is 1.